The van der Waals surface area contributed by atoms with Crippen LogP contribution in [-0.4, -0.2) is 29.5 Å². The van der Waals surface area contributed by atoms with Crippen molar-refractivity contribution < 1.29 is 19.7 Å². The monoisotopic (exact) mass is 467 g/mol. The number of unbranched alkanes of at least 4 members (excludes halogenated alkanes) is 5. The van der Waals surface area contributed by atoms with E-state index in [2.05, 4.69) is 37.2 Å². The molecule has 0 aliphatic heterocycles. The van der Waals surface area contributed by atoms with Crippen LogP contribution in [0.15, 0.2) is 36.4 Å². The van der Waals surface area contributed by atoms with E-state index < -0.39 is 0 Å². The van der Waals surface area contributed by atoms with Gasteiger partial charge in [0, 0.05) is 35.9 Å². The van der Waals surface area contributed by atoms with Crippen LogP contribution in [0.1, 0.15) is 80.2 Å². The number of rotatable bonds is 17. The first-order valence-electron chi connectivity index (χ1n) is 12.5. The van der Waals surface area contributed by atoms with Crippen LogP contribution in [0.25, 0.3) is 0 Å². The van der Waals surface area contributed by atoms with E-state index in [4.69, 9.17) is 15.9 Å². The minimum Gasteiger partial charge on any atom is -0.488 e. The number of nitrogens with one attached hydrogen (secondary N) is 1. The first kappa shape index (κ1) is 27.9. The molecule has 5 nitrogen and oxygen atoms in total. The van der Waals surface area contributed by atoms with Crippen molar-refractivity contribution in [2.45, 2.75) is 84.8 Å². The normalized spacial score (nSPS) is 11.9. The zero-order valence-corrected chi connectivity index (χ0v) is 20.8. The molecule has 0 aliphatic rings. The zero-order chi connectivity index (χ0) is 24.6. The van der Waals surface area contributed by atoms with E-state index >= 15 is 0 Å². The van der Waals surface area contributed by atoms with Gasteiger partial charge in [0.2, 0.25) is 0 Å². The number of hydrogen-bond acceptors (Lipinski definition) is 5. The average molecular weight is 468 g/mol. The van der Waals surface area contributed by atoms with Gasteiger partial charge in [0.15, 0.2) is 0 Å². The van der Waals surface area contributed by atoms with E-state index in [9.17, 15) is 10.2 Å². The molecule has 0 bridgehead atoms. The Morgan fingerprint density at radius 3 is 2.18 bits per heavy atom. The van der Waals surface area contributed by atoms with E-state index in [0.717, 1.165) is 31.7 Å². The second-order valence-electron chi connectivity index (χ2n) is 8.81. The van der Waals surface area contributed by atoms with Gasteiger partial charge in [-0.05, 0) is 36.6 Å². The number of hydrogen-bond donors (Lipinski definition) is 3. The van der Waals surface area contributed by atoms with E-state index in [1.807, 2.05) is 12.1 Å². The highest BCUT2D eigenvalue weighted by atomic mass is 16.5. The molecule has 0 saturated heterocycles. The first-order chi connectivity index (χ1) is 16.6. The Hall–Kier alpha value is -2.36. The Balaban J connectivity index is 1.73. The molecule has 0 aromatic heterocycles. The molecule has 2 rings (SSSR count). The van der Waals surface area contributed by atoms with Crippen molar-refractivity contribution in [1.29, 1.82) is 0 Å². The fourth-order valence-corrected chi connectivity index (χ4v) is 3.76. The number of ether oxygens (including phenoxy) is 2. The molecule has 0 amide bonds. The summed E-state index contributed by atoms with van der Waals surface area (Å²) in [4.78, 5) is 0. The maximum Gasteiger partial charge on any atom is 0.130 e. The fraction of sp³-hybridized carbons (Fsp3) is 0.517. The summed E-state index contributed by atoms with van der Waals surface area (Å²) in [5, 5.41) is 22.8. The van der Waals surface area contributed by atoms with Crippen molar-refractivity contribution in [3.63, 3.8) is 0 Å². The summed E-state index contributed by atoms with van der Waals surface area (Å²) in [5.74, 6) is 3.03. The van der Waals surface area contributed by atoms with E-state index in [-0.39, 0.29) is 13.2 Å². The number of terminal acetylenes is 1. The molecule has 3 N–H and O–H groups in total. The van der Waals surface area contributed by atoms with Gasteiger partial charge in [-0.25, -0.2) is 0 Å². The Labute approximate surface area is 205 Å². The molecule has 0 radical (unpaired) electrons. The van der Waals surface area contributed by atoms with Gasteiger partial charge in [-0.15, -0.1) is 6.42 Å². The van der Waals surface area contributed by atoms with E-state index in [1.165, 1.54) is 37.7 Å². The molecule has 2 aromatic rings. The van der Waals surface area contributed by atoms with E-state index in [0.29, 0.717) is 35.1 Å². The third-order valence-electron chi connectivity index (χ3n) is 5.82. The van der Waals surface area contributed by atoms with Gasteiger partial charge >= 0.3 is 0 Å². The lowest BCUT2D eigenvalue weighted by Crippen LogP contribution is -2.30. The predicted molar refractivity (Wildman–Crippen MR) is 137 cm³/mol. The summed E-state index contributed by atoms with van der Waals surface area (Å²) in [6, 6.07) is 11.9. The van der Waals surface area contributed by atoms with Crippen LogP contribution < -0.4 is 10.1 Å². The summed E-state index contributed by atoms with van der Waals surface area (Å²) in [7, 11) is 0. The number of benzene rings is 2. The van der Waals surface area contributed by atoms with Crippen LogP contribution in [0.4, 0.5) is 0 Å². The Bertz CT molecular complexity index is 848. The van der Waals surface area contributed by atoms with Crippen molar-refractivity contribution in [2.24, 2.45) is 0 Å². The summed E-state index contributed by atoms with van der Waals surface area (Å²) < 4.78 is 11.8. The Kier molecular flexibility index (Phi) is 13.4. The molecule has 2 aromatic carbocycles. The van der Waals surface area contributed by atoms with Crippen LogP contribution in [0.5, 0.6) is 5.75 Å². The second-order valence-corrected chi connectivity index (χ2v) is 8.81. The smallest absolute Gasteiger partial charge is 0.130 e. The maximum atomic E-state index is 9.67. The topological polar surface area (TPSA) is 71.0 Å². The summed E-state index contributed by atoms with van der Waals surface area (Å²) in [6.45, 7) is 6.66. The lowest BCUT2D eigenvalue weighted by molar-refractivity contribution is 0.111. The zero-order valence-electron chi connectivity index (χ0n) is 20.8. The molecule has 0 heterocycles. The molecule has 1 unspecified atom stereocenters. The number of aliphatic hydroxyl groups is 2. The van der Waals surface area contributed by atoms with Crippen LogP contribution in [0.3, 0.4) is 0 Å². The van der Waals surface area contributed by atoms with Crippen molar-refractivity contribution in [3.05, 3.63) is 64.2 Å². The van der Waals surface area contributed by atoms with Crippen LogP contribution in [0.2, 0.25) is 0 Å². The molecular formula is C29H41NO4. The molecule has 0 fully saturated rings. The van der Waals surface area contributed by atoms with E-state index in [1.54, 1.807) is 12.1 Å². The standard InChI is InChI=1S/C29H41NO4/c1-4-6-7-8-9-10-15-33-21-23(3)30-18-25-11-13-26(14-12-25)22-34-29-27(19-31)16-24(5-2)17-28(29)20-32/h2,11-14,16-17,23,30-32H,4,6-10,15,18-22H2,1,3H3. The van der Waals surface area contributed by atoms with Crippen LogP contribution in [0, 0.1) is 12.3 Å². The highest BCUT2D eigenvalue weighted by molar-refractivity contribution is 5.49. The Morgan fingerprint density at radius 2 is 1.56 bits per heavy atom. The van der Waals surface area contributed by atoms with Crippen molar-refractivity contribution in [3.8, 4) is 18.1 Å². The third kappa shape index (κ3) is 9.87. The first-order valence-corrected chi connectivity index (χ1v) is 12.5. The highest BCUT2D eigenvalue weighted by Gasteiger charge is 2.12. The van der Waals surface area contributed by atoms with Crippen molar-refractivity contribution >= 4 is 0 Å². The predicted octanol–water partition coefficient (Wildman–Crippen LogP) is 5.09. The molecule has 0 aliphatic carbocycles. The second kappa shape index (κ2) is 16.3. The minimum absolute atomic E-state index is 0.205. The fourth-order valence-electron chi connectivity index (χ4n) is 3.76. The van der Waals surface area contributed by atoms with Gasteiger partial charge in [-0.3, -0.25) is 0 Å². The Morgan fingerprint density at radius 1 is 0.941 bits per heavy atom. The maximum absolute atomic E-state index is 9.67. The molecule has 186 valence electrons. The van der Waals surface area contributed by atoms with Crippen molar-refractivity contribution in [1.82, 2.24) is 5.32 Å². The molecule has 0 spiro atoms. The average Bonchev–Trinajstić information content (AvgIpc) is 2.87. The van der Waals surface area contributed by atoms with Crippen LogP contribution >= 0.6 is 0 Å². The number of aliphatic hydroxyl groups excluding tert-OH is 2. The lowest BCUT2D eigenvalue weighted by Gasteiger charge is -2.16. The summed E-state index contributed by atoms with van der Waals surface area (Å²) >= 11 is 0. The summed E-state index contributed by atoms with van der Waals surface area (Å²) in [5.41, 5.74) is 3.96. The van der Waals surface area contributed by atoms with Gasteiger partial charge in [0.05, 0.1) is 19.8 Å². The molecular weight excluding hydrogens is 426 g/mol. The SMILES string of the molecule is C#Cc1cc(CO)c(OCc2ccc(CNC(C)COCCCCCCCC)cc2)c(CO)c1. The van der Waals surface area contributed by atoms with Gasteiger partial charge < -0.3 is 25.0 Å². The largest absolute Gasteiger partial charge is 0.488 e. The molecule has 0 saturated carbocycles. The van der Waals surface area contributed by atoms with Gasteiger partial charge in [0.1, 0.15) is 12.4 Å². The molecule has 34 heavy (non-hydrogen) atoms. The van der Waals surface area contributed by atoms with Crippen molar-refractivity contribution in [2.75, 3.05) is 13.2 Å². The summed E-state index contributed by atoms with van der Waals surface area (Å²) in [6.07, 6.45) is 13.1. The highest BCUT2D eigenvalue weighted by Crippen LogP contribution is 2.27. The molecule has 5 heteroatoms. The quantitative estimate of drug-likeness (QED) is 0.223. The molecule has 1 atom stereocenters. The minimum atomic E-state index is -0.205. The van der Waals surface area contributed by atoms with Gasteiger partial charge in [-0.1, -0.05) is 69.2 Å². The van der Waals surface area contributed by atoms with Gasteiger partial charge in [-0.2, -0.15) is 0 Å². The third-order valence-corrected chi connectivity index (χ3v) is 5.82. The van der Waals surface area contributed by atoms with Crippen LogP contribution in [-0.2, 0) is 31.1 Å². The lowest BCUT2D eigenvalue weighted by atomic mass is 10.0. The van der Waals surface area contributed by atoms with Gasteiger partial charge in [0.25, 0.3) is 0 Å².